The predicted molar refractivity (Wildman–Crippen MR) is 63.2 cm³/mol. The Morgan fingerprint density at radius 3 is 2.38 bits per heavy atom. The summed E-state index contributed by atoms with van der Waals surface area (Å²) >= 11 is 11.2. The number of carbonyl (C=O) groups is 2. The maximum Gasteiger partial charge on any atom is 0.258 e. The van der Waals surface area contributed by atoms with Gasteiger partial charge in [-0.3, -0.25) is 9.59 Å². The Morgan fingerprint density at radius 2 is 2.00 bits per heavy atom. The van der Waals surface area contributed by atoms with Crippen LogP contribution in [0.15, 0.2) is 0 Å². The average molecular weight is 267 g/mol. The van der Waals surface area contributed by atoms with E-state index in [1.807, 2.05) is 13.8 Å². The fourth-order valence-corrected chi connectivity index (χ4v) is 2.09. The van der Waals surface area contributed by atoms with Gasteiger partial charge in [-0.15, -0.1) is 0 Å². The van der Waals surface area contributed by atoms with Gasteiger partial charge in [0.05, 0.1) is 0 Å². The van der Waals surface area contributed by atoms with Gasteiger partial charge in [0.2, 0.25) is 5.91 Å². The normalized spacial score (nSPS) is 30.1. The van der Waals surface area contributed by atoms with Crippen LogP contribution < -0.4 is 5.32 Å². The van der Waals surface area contributed by atoms with Gasteiger partial charge in [0.1, 0.15) is 11.7 Å². The van der Waals surface area contributed by atoms with Crippen molar-refractivity contribution in [3.63, 3.8) is 0 Å². The van der Waals surface area contributed by atoms with Gasteiger partial charge in [-0.2, -0.15) is 0 Å². The zero-order valence-electron chi connectivity index (χ0n) is 9.75. The van der Waals surface area contributed by atoms with Crippen LogP contribution in [0.4, 0.5) is 0 Å². The van der Waals surface area contributed by atoms with Crippen molar-refractivity contribution in [1.29, 1.82) is 0 Å². The Hall–Kier alpha value is -0.480. The number of hydrogen-bond donors (Lipinski definition) is 1. The van der Waals surface area contributed by atoms with E-state index in [9.17, 15) is 9.59 Å². The zero-order valence-corrected chi connectivity index (χ0v) is 11.3. The van der Waals surface area contributed by atoms with Gasteiger partial charge in [0, 0.05) is 0 Å². The Balaban J connectivity index is 3.11. The number of nitrogens with zero attached hydrogens (tertiary/aromatic N) is 1. The molecule has 2 unspecified atom stereocenters. The lowest BCUT2D eigenvalue weighted by Crippen LogP contribution is -2.57. The highest BCUT2D eigenvalue weighted by Crippen LogP contribution is 2.31. The van der Waals surface area contributed by atoms with E-state index >= 15 is 0 Å². The molecule has 0 aromatic rings. The summed E-state index contributed by atoms with van der Waals surface area (Å²) in [4.78, 5) is 23.8. The first-order valence-electron chi connectivity index (χ1n) is 5.15. The van der Waals surface area contributed by atoms with Gasteiger partial charge < -0.3 is 10.2 Å². The predicted octanol–water partition coefficient (Wildman–Crippen LogP) is 1.51. The molecule has 0 spiro atoms. The van der Waals surface area contributed by atoms with Crippen molar-refractivity contribution < 1.29 is 9.59 Å². The third-order valence-electron chi connectivity index (χ3n) is 3.19. The second kappa shape index (κ2) is 4.41. The molecule has 0 aliphatic carbocycles. The van der Waals surface area contributed by atoms with Crippen LogP contribution in [0.1, 0.15) is 27.7 Å². The molecule has 0 aromatic heterocycles. The van der Waals surface area contributed by atoms with Crippen molar-refractivity contribution in [2.75, 3.05) is 0 Å². The van der Waals surface area contributed by atoms with Crippen molar-refractivity contribution >= 4 is 35.0 Å². The molecule has 4 nitrogen and oxygen atoms in total. The van der Waals surface area contributed by atoms with Crippen LogP contribution in [0.5, 0.6) is 0 Å². The van der Waals surface area contributed by atoms with E-state index in [1.165, 1.54) is 4.90 Å². The molecule has 1 heterocycles. The molecule has 1 rings (SSSR count). The van der Waals surface area contributed by atoms with Crippen LogP contribution in [0.25, 0.3) is 0 Å². The number of nitrogens with one attached hydrogen (secondary N) is 1. The van der Waals surface area contributed by atoms with Crippen molar-refractivity contribution in [3.8, 4) is 0 Å². The van der Waals surface area contributed by atoms with Crippen LogP contribution in [0.2, 0.25) is 0 Å². The quantitative estimate of drug-likeness (QED) is 0.771. The molecule has 1 N–H and O–H groups in total. The Morgan fingerprint density at radius 1 is 1.50 bits per heavy atom. The first kappa shape index (κ1) is 13.6. The molecule has 0 saturated carbocycles. The van der Waals surface area contributed by atoms with E-state index < -0.39 is 22.4 Å². The SMILES string of the molecule is CC1C(=O)NC(C)(C(C)C)N1C(=O)C(Cl)Cl. The Bertz CT molecular complexity index is 320. The Labute approximate surface area is 105 Å². The molecular weight excluding hydrogens is 251 g/mol. The van der Waals surface area contributed by atoms with Crippen LogP contribution in [0, 0.1) is 5.92 Å². The lowest BCUT2D eigenvalue weighted by molar-refractivity contribution is -0.138. The van der Waals surface area contributed by atoms with Crippen LogP contribution in [0.3, 0.4) is 0 Å². The summed E-state index contributed by atoms with van der Waals surface area (Å²) in [5.74, 6) is -0.554. The van der Waals surface area contributed by atoms with E-state index in [0.29, 0.717) is 0 Å². The van der Waals surface area contributed by atoms with E-state index in [0.717, 1.165) is 0 Å². The number of hydrogen-bond acceptors (Lipinski definition) is 2. The summed E-state index contributed by atoms with van der Waals surface area (Å²) in [6, 6.07) is -0.542. The minimum Gasteiger partial charge on any atom is -0.331 e. The summed E-state index contributed by atoms with van der Waals surface area (Å²) in [5, 5.41) is 2.81. The van der Waals surface area contributed by atoms with Crippen molar-refractivity contribution in [3.05, 3.63) is 0 Å². The number of rotatable bonds is 2. The van der Waals surface area contributed by atoms with Crippen molar-refractivity contribution in [2.24, 2.45) is 5.92 Å². The molecule has 0 radical (unpaired) electrons. The highest BCUT2D eigenvalue weighted by Gasteiger charge is 2.51. The largest absolute Gasteiger partial charge is 0.331 e. The van der Waals surface area contributed by atoms with Gasteiger partial charge in [-0.1, -0.05) is 37.0 Å². The fourth-order valence-electron chi connectivity index (χ4n) is 1.88. The zero-order chi connectivity index (χ0) is 12.7. The highest BCUT2D eigenvalue weighted by atomic mass is 35.5. The molecule has 0 bridgehead atoms. The van der Waals surface area contributed by atoms with Crippen molar-refractivity contribution in [2.45, 2.75) is 44.2 Å². The molecule has 2 amide bonds. The lowest BCUT2D eigenvalue weighted by atomic mass is 9.97. The van der Waals surface area contributed by atoms with E-state index in [4.69, 9.17) is 23.2 Å². The van der Waals surface area contributed by atoms with Gasteiger partial charge in [-0.05, 0) is 19.8 Å². The third-order valence-corrected chi connectivity index (χ3v) is 3.57. The minimum absolute atomic E-state index is 0.0671. The number of carbonyl (C=O) groups excluding carboxylic acids is 2. The highest BCUT2D eigenvalue weighted by molar-refractivity contribution is 6.53. The second-order valence-electron chi connectivity index (χ2n) is 4.48. The number of amides is 2. The monoisotopic (exact) mass is 266 g/mol. The molecule has 0 aromatic carbocycles. The van der Waals surface area contributed by atoms with E-state index in [2.05, 4.69) is 5.32 Å². The van der Waals surface area contributed by atoms with Gasteiger partial charge in [0.25, 0.3) is 5.91 Å². The summed E-state index contributed by atoms with van der Waals surface area (Å²) in [6.07, 6.45) is 0. The molecule has 2 atom stereocenters. The van der Waals surface area contributed by atoms with Gasteiger partial charge in [-0.25, -0.2) is 0 Å². The number of halogens is 2. The first-order chi connectivity index (χ1) is 7.21. The summed E-state index contributed by atoms with van der Waals surface area (Å²) in [5.41, 5.74) is -0.727. The molecule has 1 aliphatic rings. The third kappa shape index (κ3) is 2.00. The number of alkyl halides is 2. The standard InChI is InChI=1S/C10H16Cl2N2O2/c1-5(2)10(4)13-8(15)6(3)14(10)9(16)7(11)12/h5-7H,1-4H3,(H,13,15). The van der Waals surface area contributed by atoms with Crippen LogP contribution in [-0.2, 0) is 9.59 Å². The van der Waals surface area contributed by atoms with E-state index in [-0.39, 0.29) is 11.8 Å². The summed E-state index contributed by atoms with van der Waals surface area (Å²) in [6.45, 7) is 7.32. The topological polar surface area (TPSA) is 49.4 Å². The van der Waals surface area contributed by atoms with E-state index in [1.54, 1.807) is 13.8 Å². The second-order valence-corrected chi connectivity index (χ2v) is 5.57. The molecule has 92 valence electrons. The summed E-state index contributed by atoms with van der Waals surface area (Å²) in [7, 11) is 0. The lowest BCUT2D eigenvalue weighted by Gasteiger charge is -2.39. The molecular formula is C10H16Cl2N2O2. The molecule has 1 aliphatic heterocycles. The maximum atomic E-state index is 11.9. The molecule has 1 fully saturated rings. The van der Waals surface area contributed by atoms with Crippen LogP contribution in [-0.4, -0.2) is 33.3 Å². The Kier molecular flexibility index (Phi) is 3.75. The fraction of sp³-hybridized carbons (Fsp3) is 0.800. The average Bonchev–Trinajstić information content (AvgIpc) is 2.38. The maximum absolute atomic E-state index is 11.9. The molecule has 16 heavy (non-hydrogen) atoms. The summed E-state index contributed by atoms with van der Waals surface area (Å²) < 4.78 is 0. The first-order valence-corrected chi connectivity index (χ1v) is 6.02. The molecule has 6 heteroatoms. The van der Waals surface area contributed by atoms with Gasteiger partial charge >= 0.3 is 0 Å². The van der Waals surface area contributed by atoms with Crippen molar-refractivity contribution in [1.82, 2.24) is 10.2 Å². The smallest absolute Gasteiger partial charge is 0.258 e. The van der Waals surface area contributed by atoms with Gasteiger partial charge in [0.15, 0.2) is 4.84 Å². The van der Waals surface area contributed by atoms with Crippen LogP contribution >= 0.6 is 23.2 Å². The molecule has 1 saturated heterocycles. The minimum atomic E-state index is -1.15.